The Hall–Kier alpha value is -2.50. The maximum atomic E-state index is 11.9. The van der Waals surface area contributed by atoms with Gasteiger partial charge in [0.15, 0.2) is 18.1 Å². The molecule has 1 aromatic rings. The van der Waals surface area contributed by atoms with Gasteiger partial charge in [-0.1, -0.05) is 18.2 Å². The maximum absolute atomic E-state index is 11.9. The van der Waals surface area contributed by atoms with Crippen LogP contribution >= 0.6 is 0 Å². The van der Waals surface area contributed by atoms with E-state index in [-0.39, 0.29) is 18.4 Å². The molecule has 0 aromatic heterocycles. The summed E-state index contributed by atoms with van der Waals surface area (Å²) in [4.78, 5) is 25.2. The van der Waals surface area contributed by atoms with Gasteiger partial charge in [-0.15, -0.1) is 0 Å². The number of hydrogen-bond acceptors (Lipinski definition) is 4. The van der Waals surface area contributed by atoms with Crippen LogP contribution in [0.25, 0.3) is 6.08 Å². The van der Waals surface area contributed by atoms with Crippen molar-refractivity contribution in [2.45, 2.75) is 26.2 Å². The minimum atomic E-state index is -0.188. The molecule has 136 valence electrons. The Bertz CT molecular complexity index is 628. The third-order valence-electron chi connectivity index (χ3n) is 4.00. The van der Waals surface area contributed by atoms with Crippen molar-refractivity contribution in [3.05, 3.63) is 29.8 Å². The monoisotopic (exact) mass is 346 g/mol. The molecule has 1 N–H and O–H groups in total. The van der Waals surface area contributed by atoms with Gasteiger partial charge in [0.2, 0.25) is 5.91 Å². The van der Waals surface area contributed by atoms with Gasteiger partial charge in [0.1, 0.15) is 0 Å². The van der Waals surface area contributed by atoms with Gasteiger partial charge in [-0.05, 0) is 37.5 Å². The fourth-order valence-electron chi connectivity index (χ4n) is 2.73. The second-order valence-corrected chi connectivity index (χ2v) is 5.89. The number of methoxy groups -OCH3 is 1. The highest BCUT2D eigenvalue weighted by atomic mass is 16.5. The molecule has 2 amide bonds. The lowest BCUT2D eigenvalue weighted by Crippen LogP contribution is -2.33. The molecule has 2 rings (SSSR count). The number of nitrogens with zero attached hydrogens (tertiary/aromatic N) is 1. The van der Waals surface area contributed by atoms with Gasteiger partial charge >= 0.3 is 0 Å². The van der Waals surface area contributed by atoms with E-state index in [1.54, 1.807) is 13.2 Å². The number of nitrogens with one attached hydrogen (secondary N) is 1. The van der Waals surface area contributed by atoms with Gasteiger partial charge in [0.05, 0.1) is 7.11 Å². The molecule has 0 atom stereocenters. The first-order chi connectivity index (χ1) is 12.1. The van der Waals surface area contributed by atoms with Crippen molar-refractivity contribution in [2.75, 3.05) is 33.4 Å². The molecular formula is C19H26N2O4. The Morgan fingerprint density at radius 3 is 2.88 bits per heavy atom. The number of amides is 2. The second kappa shape index (κ2) is 9.71. The SMILES string of the molecule is C/C=C/c1ccc(OCC(=O)NCCCN2CCCC2=O)c(OC)c1. The van der Waals surface area contributed by atoms with E-state index in [9.17, 15) is 9.59 Å². The highest BCUT2D eigenvalue weighted by Gasteiger charge is 2.19. The standard InChI is InChI=1S/C19H26N2O4/c1-3-6-15-8-9-16(17(13-15)24-2)25-14-18(22)20-10-5-12-21-11-4-7-19(21)23/h3,6,8-9,13H,4-5,7,10-12,14H2,1-2H3,(H,20,22)/b6-3+. The number of carbonyl (C=O) groups is 2. The molecule has 1 heterocycles. The van der Waals surface area contributed by atoms with Crippen LogP contribution in [-0.4, -0.2) is 50.1 Å². The molecule has 0 saturated carbocycles. The molecule has 0 bridgehead atoms. The van der Waals surface area contributed by atoms with E-state index < -0.39 is 0 Å². The predicted molar refractivity (Wildman–Crippen MR) is 96.6 cm³/mol. The Morgan fingerprint density at radius 1 is 1.36 bits per heavy atom. The Labute approximate surface area is 148 Å². The lowest BCUT2D eigenvalue weighted by atomic mass is 10.2. The van der Waals surface area contributed by atoms with Crippen molar-refractivity contribution in [3.8, 4) is 11.5 Å². The molecule has 0 radical (unpaired) electrons. The summed E-state index contributed by atoms with van der Waals surface area (Å²) in [7, 11) is 1.57. The molecule has 1 aliphatic heterocycles. The van der Waals surface area contributed by atoms with E-state index in [2.05, 4.69) is 5.32 Å². The molecule has 1 fully saturated rings. The number of ether oxygens (including phenoxy) is 2. The van der Waals surface area contributed by atoms with Gasteiger partial charge < -0.3 is 19.7 Å². The molecule has 0 unspecified atom stereocenters. The highest BCUT2D eigenvalue weighted by molar-refractivity contribution is 5.78. The smallest absolute Gasteiger partial charge is 0.257 e. The van der Waals surface area contributed by atoms with Crippen LogP contribution in [-0.2, 0) is 9.59 Å². The van der Waals surface area contributed by atoms with E-state index >= 15 is 0 Å². The maximum Gasteiger partial charge on any atom is 0.257 e. The van der Waals surface area contributed by atoms with Crippen molar-refractivity contribution in [3.63, 3.8) is 0 Å². The van der Waals surface area contributed by atoms with Gasteiger partial charge in [0, 0.05) is 26.1 Å². The minimum Gasteiger partial charge on any atom is -0.493 e. The van der Waals surface area contributed by atoms with Crippen LogP contribution in [0.3, 0.4) is 0 Å². The van der Waals surface area contributed by atoms with Crippen LogP contribution in [0.4, 0.5) is 0 Å². The van der Waals surface area contributed by atoms with Gasteiger partial charge in [0.25, 0.3) is 5.91 Å². The zero-order valence-electron chi connectivity index (χ0n) is 14.9. The van der Waals surface area contributed by atoms with Gasteiger partial charge in [-0.2, -0.15) is 0 Å². The van der Waals surface area contributed by atoms with Crippen molar-refractivity contribution >= 4 is 17.9 Å². The molecule has 1 aliphatic rings. The van der Waals surface area contributed by atoms with Crippen LogP contribution in [0.2, 0.25) is 0 Å². The number of benzene rings is 1. The highest BCUT2D eigenvalue weighted by Crippen LogP contribution is 2.28. The zero-order chi connectivity index (χ0) is 18.1. The van der Waals surface area contributed by atoms with Crippen molar-refractivity contribution in [2.24, 2.45) is 0 Å². The molecule has 1 aromatic carbocycles. The first kappa shape index (κ1) is 18.8. The second-order valence-electron chi connectivity index (χ2n) is 5.89. The average molecular weight is 346 g/mol. The van der Waals surface area contributed by atoms with E-state index in [1.165, 1.54) is 0 Å². The van der Waals surface area contributed by atoms with Crippen LogP contribution in [0.5, 0.6) is 11.5 Å². The van der Waals surface area contributed by atoms with Crippen LogP contribution in [0.15, 0.2) is 24.3 Å². The van der Waals surface area contributed by atoms with Crippen molar-refractivity contribution in [1.82, 2.24) is 10.2 Å². The van der Waals surface area contributed by atoms with E-state index in [4.69, 9.17) is 9.47 Å². The molecular weight excluding hydrogens is 320 g/mol. The zero-order valence-corrected chi connectivity index (χ0v) is 14.9. The molecule has 25 heavy (non-hydrogen) atoms. The number of rotatable bonds is 9. The van der Waals surface area contributed by atoms with Crippen molar-refractivity contribution in [1.29, 1.82) is 0 Å². The summed E-state index contributed by atoms with van der Waals surface area (Å²) in [5.74, 6) is 1.15. The van der Waals surface area contributed by atoms with E-state index in [1.807, 2.05) is 36.1 Å². The first-order valence-corrected chi connectivity index (χ1v) is 8.62. The molecule has 0 spiro atoms. The lowest BCUT2D eigenvalue weighted by Gasteiger charge is -2.15. The Balaban J connectivity index is 1.71. The third kappa shape index (κ3) is 5.81. The minimum absolute atomic E-state index is 0.0675. The summed E-state index contributed by atoms with van der Waals surface area (Å²) >= 11 is 0. The quantitative estimate of drug-likeness (QED) is 0.696. The normalized spacial score (nSPS) is 14.2. The average Bonchev–Trinajstić information content (AvgIpc) is 3.02. The molecule has 1 saturated heterocycles. The van der Waals surface area contributed by atoms with Crippen LogP contribution < -0.4 is 14.8 Å². The largest absolute Gasteiger partial charge is 0.493 e. The van der Waals surface area contributed by atoms with Crippen LogP contribution in [0.1, 0.15) is 31.7 Å². The van der Waals surface area contributed by atoms with Crippen molar-refractivity contribution < 1.29 is 19.1 Å². The topological polar surface area (TPSA) is 67.9 Å². The number of carbonyl (C=O) groups excluding carboxylic acids is 2. The number of likely N-dealkylation sites (tertiary alicyclic amines) is 1. The fourth-order valence-corrected chi connectivity index (χ4v) is 2.73. The fraction of sp³-hybridized carbons (Fsp3) is 0.474. The summed E-state index contributed by atoms with van der Waals surface area (Å²) in [5.41, 5.74) is 1.01. The third-order valence-corrected chi connectivity index (χ3v) is 4.00. The molecule has 6 heteroatoms. The Morgan fingerprint density at radius 2 is 2.20 bits per heavy atom. The first-order valence-electron chi connectivity index (χ1n) is 8.62. The number of allylic oxidation sites excluding steroid dienone is 1. The summed E-state index contributed by atoms with van der Waals surface area (Å²) in [6.45, 7) is 3.94. The molecule has 0 aliphatic carbocycles. The number of hydrogen-bond donors (Lipinski definition) is 1. The van der Waals surface area contributed by atoms with Crippen LogP contribution in [0, 0.1) is 0 Å². The van der Waals surface area contributed by atoms with E-state index in [0.29, 0.717) is 31.0 Å². The summed E-state index contributed by atoms with van der Waals surface area (Å²) in [5, 5.41) is 2.81. The summed E-state index contributed by atoms with van der Waals surface area (Å²) in [6.07, 6.45) is 6.24. The summed E-state index contributed by atoms with van der Waals surface area (Å²) < 4.78 is 10.8. The predicted octanol–water partition coefficient (Wildman–Crippen LogP) is 2.24. The van der Waals surface area contributed by atoms with Gasteiger partial charge in [-0.3, -0.25) is 9.59 Å². The Kier molecular flexibility index (Phi) is 7.32. The van der Waals surface area contributed by atoms with Gasteiger partial charge in [-0.25, -0.2) is 0 Å². The summed E-state index contributed by atoms with van der Waals surface area (Å²) in [6, 6.07) is 5.56. The van der Waals surface area contributed by atoms with E-state index in [0.717, 1.165) is 24.9 Å². The molecule has 6 nitrogen and oxygen atoms in total. The lowest BCUT2D eigenvalue weighted by molar-refractivity contribution is -0.127.